The van der Waals surface area contributed by atoms with Gasteiger partial charge < -0.3 is 4.57 Å². The Morgan fingerprint density at radius 2 is 2.05 bits per heavy atom. The number of carbonyl (C=O) groups is 1. The molecule has 0 fully saturated rings. The van der Waals surface area contributed by atoms with Crippen LogP contribution in [0.4, 0.5) is 0 Å². The molecule has 21 heavy (non-hydrogen) atoms. The number of carbonyl (C=O) groups excluding carboxylic acids is 1. The molecular weight excluding hydrogens is 348 g/mol. The second-order valence-electron chi connectivity index (χ2n) is 4.52. The third kappa shape index (κ3) is 2.84. The maximum atomic E-state index is 12.3. The maximum Gasteiger partial charge on any atom is 0.279 e. The molecule has 0 spiro atoms. The highest BCUT2D eigenvalue weighted by atomic mass is 79.9. The van der Waals surface area contributed by atoms with Crippen LogP contribution in [0.15, 0.2) is 58.0 Å². The molecule has 0 radical (unpaired) electrons. The van der Waals surface area contributed by atoms with E-state index in [1.165, 1.54) is 11.3 Å². The van der Waals surface area contributed by atoms with Gasteiger partial charge >= 0.3 is 0 Å². The minimum atomic E-state index is -0.218. The molecule has 0 aliphatic rings. The summed E-state index contributed by atoms with van der Waals surface area (Å²) in [6.45, 7) is 2.84. The van der Waals surface area contributed by atoms with Crippen LogP contribution in [0.5, 0.6) is 0 Å². The Morgan fingerprint density at radius 1 is 1.24 bits per heavy atom. The van der Waals surface area contributed by atoms with Crippen molar-refractivity contribution in [3.8, 4) is 0 Å². The minimum Gasteiger partial charge on any atom is -0.317 e. The first-order valence-corrected chi connectivity index (χ1v) is 8.23. The number of thiazole rings is 1. The molecule has 0 N–H and O–H groups in total. The summed E-state index contributed by atoms with van der Waals surface area (Å²) in [7, 11) is 0. The Balaban J connectivity index is 2.13. The zero-order chi connectivity index (χ0) is 14.8. The van der Waals surface area contributed by atoms with Gasteiger partial charge in [0.25, 0.3) is 5.91 Å². The normalized spacial score (nSPS) is 12.0. The Kier molecular flexibility index (Phi) is 4.03. The molecule has 3 nitrogen and oxygen atoms in total. The number of benzene rings is 2. The second-order valence-corrected chi connectivity index (χ2v) is 6.45. The number of amides is 1. The average molecular weight is 361 g/mol. The van der Waals surface area contributed by atoms with Crippen LogP contribution in [0, 0.1) is 0 Å². The van der Waals surface area contributed by atoms with Gasteiger partial charge in [0.1, 0.15) is 0 Å². The van der Waals surface area contributed by atoms with Gasteiger partial charge in [-0.15, -0.1) is 0 Å². The number of rotatable bonds is 2. The third-order valence-electron chi connectivity index (χ3n) is 3.17. The van der Waals surface area contributed by atoms with E-state index < -0.39 is 0 Å². The van der Waals surface area contributed by atoms with Crippen molar-refractivity contribution >= 4 is 43.4 Å². The molecule has 1 aromatic heterocycles. The summed E-state index contributed by atoms with van der Waals surface area (Å²) in [6, 6.07) is 15.4. The molecule has 3 rings (SSSR count). The number of nitrogens with zero attached hydrogens (tertiary/aromatic N) is 2. The fraction of sp³-hybridized carbons (Fsp3) is 0.125. The highest BCUT2D eigenvalue weighted by molar-refractivity contribution is 9.10. The van der Waals surface area contributed by atoms with Crippen molar-refractivity contribution in [3.05, 3.63) is 63.4 Å². The van der Waals surface area contributed by atoms with E-state index in [0.29, 0.717) is 5.56 Å². The van der Waals surface area contributed by atoms with Crippen molar-refractivity contribution < 1.29 is 4.79 Å². The van der Waals surface area contributed by atoms with Gasteiger partial charge in [-0.1, -0.05) is 45.5 Å². The van der Waals surface area contributed by atoms with Gasteiger partial charge in [-0.3, -0.25) is 4.79 Å². The minimum absolute atomic E-state index is 0.218. The van der Waals surface area contributed by atoms with E-state index in [1.54, 1.807) is 12.1 Å². The molecule has 1 heterocycles. The van der Waals surface area contributed by atoms with E-state index in [4.69, 9.17) is 0 Å². The van der Waals surface area contributed by atoms with E-state index in [-0.39, 0.29) is 5.91 Å². The smallest absolute Gasteiger partial charge is 0.279 e. The Bertz CT molecular complexity index is 879. The van der Waals surface area contributed by atoms with Crippen molar-refractivity contribution in [2.24, 2.45) is 4.99 Å². The first kappa shape index (κ1) is 14.2. The summed E-state index contributed by atoms with van der Waals surface area (Å²) >= 11 is 4.92. The molecule has 2 aromatic carbocycles. The van der Waals surface area contributed by atoms with Gasteiger partial charge in [-0.25, -0.2) is 0 Å². The van der Waals surface area contributed by atoms with E-state index in [1.807, 2.05) is 24.3 Å². The van der Waals surface area contributed by atoms with Gasteiger partial charge in [0.2, 0.25) is 0 Å². The molecule has 1 amide bonds. The number of hydrogen-bond donors (Lipinski definition) is 0. The SMILES string of the molecule is CCn1c(=NC(=O)c2cccc(Br)c2)sc2ccccc21. The summed E-state index contributed by atoms with van der Waals surface area (Å²) < 4.78 is 4.08. The van der Waals surface area contributed by atoms with Crippen LogP contribution in [0.25, 0.3) is 10.2 Å². The van der Waals surface area contributed by atoms with Crippen LogP contribution >= 0.6 is 27.3 Å². The molecule has 0 atom stereocenters. The summed E-state index contributed by atoms with van der Waals surface area (Å²) in [6.07, 6.45) is 0. The van der Waals surface area contributed by atoms with Crippen LogP contribution in [-0.2, 0) is 6.54 Å². The van der Waals surface area contributed by atoms with Crippen LogP contribution in [0.3, 0.4) is 0 Å². The molecule has 0 aliphatic heterocycles. The lowest BCUT2D eigenvalue weighted by Crippen LogP contribution is -2.15. The number of para-hydroxylation sites is 1. The first-order valence-electron chi connectivity index (χ1n) is 6.62. The number of fused-ring (bicyclic) bond motifs is 1. The summed E-state index contributed by atoms with van der Waals surface area (Å²) in [5.74, 6) is -0.218. The van der Waals surface area contributed by atoms with Crippen molar-refractivity contribution in [2.75, 3.05) is 0 Å². The van der Waals surface area contributed by atoms with Gasteiger partial charge in [0, 0.05) is 16.6 Å². The summed E-state index contributed by atoms with van der Waals surface area (Å²) in [5.41, 5.74) is 1.70. The molecule has 0 unspecified atom stereocenters. The second kappa shape index (κ2) is 5.95. The molecule has 0 aliphatic carbocycles. The fourth-order valence-corrected chi connectivity index (χ4v) is 3.68. The molecule has 5 heteroatoms. The van der Waals surface area contributed by atoms with Crippen LogP contribution in [0.2, 0.25) is 0 Å². The average Bonchev–Trinajstić information content (AvgIpc) is 2.84. The predicted molar refractivity (Wildman–Crippen MR) is 89.5 cm³/mol. The topological polar surface area (TPSA) is 34.4 Å². The molecule has 0 bridgehead atoms. The van der Waals surface area contributed by atoms with Gasteiger partial charge in [-0.2, -0.15) is 4.99 Å². The van der Waals surface area contributed by atoms with Crippen molar-refractivity contribution in [1.82, 2.24) is 4.57 Å². The zero-order valence-corrected chi connectivity index (χ0v) is 13.8. The number of hydrogen-bond acceptors (Lipinski definition) is 2. The van der Waals surface area contributed by atoms with Crippen LogP contribution in [-0.4, -0.2) is 10.5 Å². The monoisotopic (exact) mass is 360 g/mol. The van der Waals surface area contributed by atoms with E-state index in [2.05, 4.69) is 44.5 Å². The first-order chi connectivity index (χ1) is 10.2. The number of halogens is 1. The van der Waals surface area contributed by atoms with E-state index >= 15 is 0 Å². The van der Waals surface area contributed by atoms with Gasteiger partial charge in [0.15, 0.2) is 4.80 Å². The van der Waals surface area contributed by atoms with Crippen molar-refractivity contribution in [1.29, 1.82) is 0 Å². The van der Waals surface area contributed by atoms with Crippen LogP contribution in [0.1, 0.15) is 17.3 Å². The molecular formula is C16H13BrN2OS. The number of aryl methyl sites for hydroxylation is 1. The Hall–Kier alpha value is -1.72. The number of aromatic nitrogens is 1. The molecule has 0 saturated carbocycles. The standard InChI is InChI=1S/C16H13BrN2OS/c1-2-19-13-8-3-4-9-14(13)21-16(19)18-15(20)11-6-5-7-12(17)10-11/h3-10H,2H2,1H3. The third-order valence-corrected chi connectivity index (χ3v) is 4.73. The lowest BCUT2D eigenvalue weighted by Gasteiger charge is -2.00. The largest absolute Gasteiger partial charge is 0.317 e. The lowest BCUT2D eigenvalue weighted by molar-refractivity contribution is 0.0998. The quantitative estimate of drug-likeness (QED) is 0.673. The van der Waals surface area contributed by atoms with Gasteiger partial charge in [0.05, 0.1) is 10.2 Å². The zero-order valence-electron chi connectivity index (χ0n) is 11.4. The Morgan fingerprint density at radius 3 is 2.81 bits per heavy atom. The summed E-state index contributed by atoms with van der Waals surface area (Å²) in [5, 5.41) is 0. The van der Waals surface area contributed by atoms with E-state index in [0.717, 1.165) is 26.0 Å². The lowest BCUT2D eigenvalue weighted by atomic mass is 10.2. The highest BCUT2D eigenvalue weighted by Gasteiger charge is 2.08. The fourth-order valence-electron chi connectivity index (χ4n) is 2.18. The van der Waals surface area contributed by atoms with Gasteiger partial charge in [-0.05, 0) is 37.3 Å². The molecule has 3 aromatic rings. The van der Waals surface area contributed by atoms with E-state index in [9.17, 15) is 4.79 Å². The highest BCUT2D eigenvalue weighted by Crippen LogP contribution is 2.17. The predicted octanol–water partition coefficient (Wildman–Crippen LogP) is 4.23. The molecule has 0 saturated heterocycles. The van der Waals surface area contributed by atoms with Crippen molar-refractivity contribution in [2.45, 2.75) is 13.5 Å². The maximum absolute atomic E-state index is 12.3. The summed E-state index contributed by atoms with van der Waals surface area (Å²) in [4.78, 5) is 17.4. The van der Waals surface area contributed by atoms with Crippen molar-refractivity contribution in [3.63, 3.8) is 0 Å². The molecule has 106 valence electrons. The van der Waals surface area contributed by atoms with Crippen LogP contribution < -0.4 is 4.80 Å². The Labute approximate surface area is 134 Å².